The van der Waals surface area contributed by atoms with Crippen molar-refractivity contribution in [2.24, 2.45) is 17.8 Å². The molecule has 0 fully saturated rings. The molecular weight excluding hydrogens is 419 g/mol. The van der Waals surface area contributed by atoms with E-state index in [2.05, 4.69) is 41.5 Å². The van der Waals surface area contributed by atoms with Gasteiger partial charge in [0.15, 0.2) is 0 Å². The molecule has 0 saturated carbocycles. The van der Waals surface area contributed by atoms with Crippen LogP contribution < -0.4 is 0 Å². The molecule has 0 rings (SSSR count). The highest BCUT2D eigenvalue weighted by Gasteiger charge is 2.44. The summed E-state index contributed by atoms with van der Waals surface area (Å²) in [6, 6.07) is 0. The van der Waals surface area contributed by atoms with Crippen LogP contribution in [-0.2, 0) is 18.1 Å². The Balaban J connectivity index is 5.72. The Morgan fingerprint density at radius 2 is 0.781 bits per heavy atom. The van der Waals surface area contributed by atoms with Crippen LogP contribution in [0, 0.1) is 17.8 Å². The van der Waals surface area contributed by atoms with Gasteiger partial charge in [-0.1, -0.05) is 80.1 Å². The second-order valence-corrected chi connectivity index (χ2v) is 13.7. The fraction of sp³-hybridized carbons (Fsp3) is 1.00. The van der Waals surface area contributed by atoms with Crippen molar-refractivity contribution < 1.29 is 18.1 Å². The van der Waals surface area contributed by atoms with E-state index < -0.39 is 24.6 Å². The minimum atomic E-state index is -3.81. The maximum absolute atomic E-state index is 14.2. The van der Waals surface area contributed by atoms with Crippen molar-refractivity contribution in [2.45, 2.75) is 158 Å². The lowest BCUT2D eigenvalue weighted by atomic mass is 9.92. The highest BCUT2D eigenvalue weighted by Crippen LogP contribution is 2.60. The van der Waals surface area contributed by atoms with Gasteiger partial charge < -0.3 is 0 Å². The quantitative estimate of drug-likeness (QED) is 0.185. The van der Waals surface area contributed by atoms with Crippen LogP contribution in [0.3, 0.4) is 0 Å². The maximum Gasteiger partial charge on any atom is 0.476 e. The number of hydrogen-bond donors (Lipinski definition) is 0. The van der Waals surface area contributed by atoms with Crippen LogP contribution in [0.25, 0.3) is 0 Å². The summed E-state index contributed by atoms with van der Waals surface area (Å²) in [7, 11) is -3.81. The summed E-state index contributed by atoms with van der Waals surface area (Å²) in [5.41, 5.74) is -1.79. The Labute approximate surface area is 201 Å². The minimum absolute atomic E-state index is 0.485. The third-order valence-corrected chi connectivity index (χ3v) is 8.09. The summed E-state index contributed by atoms with van der Waals surface area (Å²) in [4.78, 5) is 0. The molecule has 4 nitrogen and oxygen atoms in total. The largest absolute Gasteiger partial charge is 0.476 e. The van der Waals surface area contributed by atoms with Gasteiger partial charge in [-0.15, -0.1) is 0 Å². The van der Waals surface area contributed by atoms with Crippen molar-refractivity contribution in [2.75, 3.05) is 0 Å². The zero-order valence-corrected chi connectivity index (χ0v) is 24.6. The Morgan fingerprint density at radius 1 is 0.562 bits per heavy atom. The fourth-order valence-electron chi connectivity index (χ4n) is 5.38. The lowest BCUT2D eigenvalue weighted by Gasteiger charge is -2.39. The maximum atomic E-state index is 14.2. The van der Waals surface area contributed by atoms with Gasteiger partial charge >= 0.3 is 7.82 Å². The molecule has 0 heterocycles. The molecule has 5 heteroatoms. The molecule has 0 aromatic carbocycles. The average Bonchev–Trinajstić information content (AvgIpc) is 2.50. The summed E-state index contributed by atoms with van der Waals surface area (Å²) >= 11 is 0. The second kappa shape index (κ2) is 13.9. The smallest absolute Gasteiger partial charge is 0.281 e. The van der Waals surface area contributed by atoms with E-state index in [1.165, 1.54) is 0 Å². The van der Waals surface area contributed by atoms with E-state index in [4.69, 9.17) is 13.6 Å². The molecule has 3 atom stereocenters. The molecule has 0 aliphatic rings. The van der Waals surface area contributed by atoms with E-state index in [1.54, 1.807) is 0 Å². The van der Waals surface area contributed by atoms with Crippen LogP contribution in [0.1, 0.15) is 141 Å². The van der Waals surface area contributed by atoms with E-state index in [-0.39, 0.29) is 0 Å². The molecule has 194 valence electrons. The Kier molecular flexibility index (Phi) is 13.9. The van der Waals surface area contributed by atoms with Crippen molar-refractivity contribution in [3.8, 4) is 0 Å². The van der Waals surface area contributed by atoms with Crippen LogP contribution >= 0.6 is 7.82 Å². The van der Waals surface area contributed by atoms with Gasteiger partial charge in [-0.05, 0) is 78.6 Å². The molecule has 3 unspecified atom stereocenters. The molecule has 0 saturated heterocycles. The zero-order chi connectivity index (χ0) is 25.2. The summed E-state index contributed by atoms with van der Waals surface area (Å²) < 4.78 is 33.1. The van der Waals surface area contributed by atoms with Crippen LogP contribution in [0.15, 0.2) is 0 Å². The summed E-state index contributed by atoms with van der Waals surface area (Å²) in [6.45, 7) is 25.3. The number of phosphoric acid groups is 1. The van der Waals surface area contributed by atoms with E-state index >= 15 is 0 Å². The SMILES string of the molecule is CCCC(C)CC(C)(C)OP(=O)(OC(C)(C)CC(C)CCC)OC(C)(C)CC(C)CCC. The second-order valence-electron chi connectivity index (χ2n) is 12.3. The van der Waals surface area contributed by atoms with Crippen molar-refractivity contribution >= 4 is 7.82 Å². The highest BCUT2D eigenvalue weighted by molar-refractivity contribution is 7.48. The van der Waals surface area contributed by atoms with Gasteiger partial charge in [-0.3, -0.25) is 13.6 Å². The lowest BCUT2D eigenvalue weighted by molar-refractivity contribution is -0.0561. The molecule has 0 bridgehead atoms. The molecule has 0 aromatic rings. The topological polar surface area (TPSA) is 44.8 Å². The normalized spacial score (nSPS) is 18.2. The molecule has 0 radical (unpaired) electrons. The molecule has 0 aromatic heterocycles. The number of phosphoric ester groups is 1. The van der Waals surface area contributed by atoms with Crippen LogP contribution in [0.5, 0.6) is 0 Å². The van der Waals surface area contributed by atoms with E-state index in [0.717, 1.165) is 57.8 Å². The van der Waals surface area contributed by atoms with Crippen molar-refractivity contribution in [1.29, 1.82) is 0 Å². The van der Waals surface area contributed by atoms with Crippen LogP contribution in [0.2, 0.25) is 0 Å². The Bertz CT molecular complexity index is 480. The Morgan fingerprint density at radius 3 is 0.969 bits per heavy atom. The summed E-state index contributed by atoms with van der Waals surface area (Å²) in [5, 5.41) is 0. The number of rotatable bonds is 18. The van der Waals surface area contributed by atoms with Crippen molar-refractivity contribution in [1.82, 2.24) is 0 Å². The molecule has 0 N–H and O–H groups in total. The van der Waals surface area contributed by atoms with Crippen LogP contribution in [0.4, 0.5) is 0 Å². The molecule has 32 heavy (non-hydrogen) atoms. The van der Waals surface area contributed by atoms with Gasteiger partial charge in [0.05, 0.1) is 16.8 Å². The van der Waals surface area contributed by atoms with Gasteiger partial charge in [-0.25, -0.2) is 4.57 Å². The third kappa shape index (κ3) is 14.4. The first-order valence-electron chi connectivity index (χ1n) is 13.2. The lowest BCUT2D eigenvalue weighted by Crippen LogP contribution is -2.35. The summed E-state index contributed by atoms with van der Waals surface area (Å²) in [5.74, 6) is 1.45. The first-order chi connectivity index (χ1) is 14.5. The first-order valence-corrected chi connectivity index (χ1v) is 14.7. The fourth-order valence-corrected chi connectivity index (χ4v) is 7.53. The van der Waals surface area contributed by atoms with Crippen molar-refractivity contribution in [3.63, 3.8) is 0 Å². The predicted octanol–water partition coefficient (Wildman–Crippen LogP) is 9.96. The minimum Gasteiger partial charge on any atom is -0.281 e. The zero-order valence-electron chi connectivity index (χ0n) is 23.7. The molecule has 0 aliphatic heterocycles. The van der Waals surface area contributed by atoms with Crippen molar-refractivity contribution in [3.05, 3.63) is 0 Å². The summed E-state index contributed by atoms with van der Waals surface area (Å²) in [6.07, 6.45) is 9.22. The van der Waals surface area contributed by atoms with E-state index in [1.807, 2.05) is 41.5 Å². The monoisotopic (exact) mass is 476 g/mol. The van der Waals surface area contributed by atoms with Crippen LogP contribution in [-0.4, -0.2) is 16.8 Å². The third-order valence-electron chi connectivity index (χ3n) is 5.94. The van der Waals surface area contributed by atoms with E-state index in [9.17, 15) is 4.57 Å². The molecule has 0 spiro atoms. The Hall–Kier alpha value is 0.110. The molecular formula is C27H57O4P. The molecule has 0 amide bonds. The average molecular weight is 477 g/mol. The molecule has 0 aliphatic carbocycles. The first kappa shape index (κ1) is 32.1. The van der Waals surface area contributed by atoms with Gasteiger partial charge in [0.25, 0.3) is 0 Å². The van der Waals surface area contributed by atoms with Gasteiger partial charge in [-0.2, -0.15) is 0 Å². The highest BCUT2D eigenvalue weighted by atomic mass is 31.2. The van der Waals surface area contributed by atoms with Gasteiger partial charge in [0, 0.05) is 0 Å². The van der Waals surface area contributed by atoms with Gasteiger partial charge in [0.2, 0.25) is 0 Å². The number of hydrogen-bond acceptors (Lipinski definition) is 4. The standard InChI is InChI=1S/C27H57O4P/c1-13-16-22(4)19-25(7,8)29-32(28,30-26(9,10)20-23(5)17-14-2)31-27(11,12)21-24(6)18-15-3/h22-24H,13-21H2,1-12H3. The van der Waals surface area contributed by atoms with Gasteiger partial charge in [0.1, 0.15) is 0 Å². The predicted molar refractivity (Wildman–Crippen MR) is 139 cm³/mol. The van der Waals surface area contributed by atoms with E-state index in [0.29, 0.717) is 17.8 Å².